The normalized spacial score (nSPS) is 18.4. The number of piperidine rings is 1. The third-order valence-electron chi connectivity index (χ3n) is 3.93. The van der Waals surface area contributed by atoms with Crippen molar-refractivity contribution in [3.8, 4) is 0 Å². The van der Waals surface area contributed by atoms with Crippen LogP contribution < -0.4 is 4.90 Å². The van der Waals surface area contributed by atoms with Gasteiger partial charge < -0.3 is 10.0 Å². The van der Waals surface area contributed by atoms with Gasteiger partial charge in [-0.1, -0.05) is 30.3 Å². The van der Waals surface area contributed by atoms with E-state index < -0.39 is 0 Å². The van der Waals surface area contributed by atoms with E-state index in [2.05, 4.69) is 34.1 Å². The van der Waals surface area contributed by atoms with Gasteiger partial charge in [-0.3, -0.25) is 4.98 Å². The predicted molar refractivity (Wildman–Crippen MR) is 90.1 cm³/mol. The number of aromatic nitrogens is 2. The zero-order chi connectivity index (χ0) is 15.2. The van der Waals surface area contributed by atoms with Crippen LogP contribution in [0.15, 0.2) is 47.8 Å². The molecule has 1 aliphatic rings. The Balaban J connectivity index is 1.64. The Morgan fingerprint density at radius 2 is 2.09 bits per heavy atom. The van der Waals surface area contributed by atoms with Gasteiger partial charge in [-0.15, -0.1) is 11.8 Å². The first kappa shape index (κ1) is 15.3. The molecule has 0 radical (unpaired) electrons. The van der Waals surface area contributed by atoms with E-state index in [1.807, 2.05) is 18.5 Å². The van der Waals surface area contributed by atoms with Gasteiger partial charge in [0.2, 0.25) is 0 Å². The van der Waals surface area contributed by atoms with Gasteiger partial charge in [0.15, 0.2) is 0 Å². The van der Waals surface area contributed by atoms with Crippen molar-refractivity contribution in [2.75, 3.05) is 24.6 Å². The molecule has 1 aromatic carbocycles. The lowest BCUT2D eigenvalue weighted by atomic mass is 9.99. The molecule has 3 rings (SSSR count). The monoisotopic (exact) mass is 315 g/mol. The van der Waals surface area contributed by atoms with E-state index in [9.17, 15) is 5.11 Å². The van der Waals surface area contributed by atoms with Gasteiger partial charge in [0.05, 0.1) is 12.4 Å². The Labute approximate surface area is 135 Å². The number of benzene rings is 1. The highest BCUT2D eigenvalue weighted by Gasteiger charge is 2.20. The maximum absolute atomic E-state index is 9.35. The summed E-state index contributed by atoms with van der Waals surface area (Å²) >= 11 is 1.71. The van der Waals surface area contributed by atoms with Crippen LogP contribution in [-0.4, -0.2) is 34.8 Å². The number of hydrogen-bond acceptors (Lipinski definition) is 5. The van der Waals surface area contributed by atoms with Crippen molar-refractivity contribution in [1.82, 2.24) is 9.97 Å². The Morgan fingerprint density at radius 3 is 2.91 bits per heavy atom. The standard InChI is InChI=1S/C17H21N3OS/c21-12-15-7-4-8-20(11-15)16-9-18-10-17(19-16)22-13-14-5-2-1-3-6-14/h1-3,5-6,9-10,15,21H,4,7-8,11-13H2. The molecule has 0 aliphatic carbocycles. The summed E-state index contributed by atoms with van der Waals surface area (Å²) in [7, 11) is 0. The number of aliphatic hydroxyl groups is 1. The van der Waals surface area contributed by atoms with Crippen LogP contribution in [0.2, 0.25) is 0 Å². The molecule has 1 atom stereocenters. The molecular weight excluding hydrogens is 294 g/mol. The average Bonchev–Trinajstić information content (AvgIpc) is 2.61. The molecular formula is C17H21N3OS. The van der Waals surface area contributed by atoms with E-state index in [0.717, 1.165) is 42.5 Å². The summed E-state index contributed by atoms with van der Waals surface area (Å²) in [5.41, 5.74) is 1.29. The lowest BCUT2D eigenvalue weighted by Gasteiger charge is -2.32. The maximum atomic E-state index is 9.35. The van der Waals surface area contributed by atoms with Gasteiger partial charge >= 0.3 is 0 Å². The number of aliphatic hydroxyl groups excluding tert-OH is 1. The summed E-state index contributed by atoms with van der Waals surface area (Å²) in [6.07, 6.45) is 5.86. The van der Waals surface area contributed by atoms with Crippen LogP contribution in [0.5, 0.6) is 0 Å². The molecule has 2 heterocycles. The molecule has 116 valence electrons. The SMILES string of the molecule is OCC1CCCN(c2cncc(SCc3ccccc3)n2)C1. The number of anilines is 1. The first-order valence-electron chi connectivity index (χ1n) is 7.70. The largest absolute Gasteiger partial charge is 0.396 e. The number of hydrogen-bond donors (Lipinski definition) is 1. The highest BCUT2D eigenvalue weighted by Crippen LogP contribution is 2.25. The molecule has 0 saturated carbocycles. The van der Waals surface area contributed by atoms with Crippen LogP contribution in [0.3, 0.4) is 0 Å². The quantitative estimate of drug-likeness (QED) is 0.860. The van der Waals surface area contributed by atoms with Gasteiger partial charge in [0.1, 0.15) is 10.8 Å². The zero-order valence-electron chi connectivity index (χ0n) is 12.6. The minimum atomic E-state index is 0.256. The summed E-state index contributed by atoms with van der Waals surface area (Å²) in [6.45, 7) is 2.13. The summed E-state index contributed by atoms with van der Waals surface area (Å²) in [4.78, 5) is 11.3. The molecule has 1 aliphatic heterocycles. The molecule has 1 unspecified atom stereocenters. The van der Waals surface area contributed by atoms with Crippen molar-refractivity contribution in [3.63, 3.8) is 0 Å². The lowest BCUT2D eigenvalue weighted by Crippen LogP contribution is -2.37. The van der Waals surface area contributed by atoms with Crippen molar-refractivity contribution < 1.29 is 5.11 Å². The molecule has 1 aromatic heterocycles. The molecule has 2 aromatic rings. The van der Waals surface area contributed by atoms with E-state index in [1.54, 1.807) is 11.8 Å². The van der Waals surface area contributed by atoms with Crippen LogP contribution >= 0.6 is 11.8 Å². The van der Waals surface area contributed by atoms with Crippen molar-refractivity contribution in [2.45, 2.75) is 23.6 Å². The van der Waals surface area contributed by atoms with E-state index in [4.69, 9.17) is 4.98 Å². The van der Waals surface area contributed by atoms with Gasteiger partial charge in [-0.2, -0.15) is 0 Å². The highest BCUT2D eigenvalue weighted by atomic mass is 32.2. The summed E-state index contributed by atoms with van der Waals surface area (Å²) < 4.78 is 0. The topological polar surface area (TPSA) is 49.2 Å². The minimum absolute atomic E-state index is 0.256. The van der Waals surface area contributed by atoms with Crippen molar-refractivity contribution >= 4 is 17.6 Å². The number of thioether (sulfide) groups is 1. The minimum Gasteiger partial charge on any atom is -0.396 e. The van der Waals surface area contributed by atoms with Crippen molar-refractivity contribution in [3.05, 3.63) is 48.3 Å². The highest BCUT2D eigenvalue weighted by molar-refractivity contribution is 7.98. The Kier molecular flexibility index (Phi) is 5.29. The van der Waals surface area contributed by atoms with E-state index >= 15 is 0 Å². The second kappa shape index (κ2) is 7.61. The van der Waals surface area contributed by atoms with Gasteiger partial charge in [-0.05, 0) is 24.3 Å². The van der Waals surface area contributed by atoms with Crippen LogP contribution in [-0.2, 0) is 5.75 Å². The summed E-state index contributed by atoms with van der Waals surface area (Å²) in [6, 6.07) is 10.4. The van der Waals surface area contributed by atoms with Crippen LogP contribution in [0, 0.1) is 5.92 Å². The summed E-state index contributed by atoms with van der Waals surface area (Å²) in [5.74, 6) is 2.19. The maximum Gasteiger partial charge on any atom is 0.148 e. The fourth-order valence-corrected chi connectivity index (χ4v) is 3.51. The lowest BCUT2D eigenvalue weighted by molar-refractivity contribution is 0.208. The Hall–Kier alpha value is -1.59. The molecule has 22 heavy (non-hydrogen) atoms. The molecule has 0 spiro atoms. The van der Waals surface area contributed by atoms with Crippen molar-refractivity contribution in [2.24, 2.45) is 5.92 Å². The predicted octanol–water partition coefficient (Wildman–Crippen LogP) is 2.98. The number of rotatable bonds is 5. The Bertz CT molecular complexity index is 593. The van der Waals surface area contributed by atoms with Crippen LogP contribution in [0.25, 0.3) is 0 Å². The molecule has 5 heteroatoms. The van der Waals surface area contributed by atoms with E-state index in [1.165, 1.54) is 5.56 Å². The molecule has 1 N–H and O–H groups in total. The molecule has 0 bridgehead atoms. The van der Waals surface area contributed by atoms with Crippen LogP contribution in [0.1, 0.15) is 18.4 Å². The van der Waals surface area contributed by atoms with E-state index in [-0.39, 0.29) is 6.61 Å². The van der Waals surface area contributed by atoms with Gasteiger partial charge in [0.25, 0.3) is 0 Å². The first-order valence-corrected chi connectivity index (χ1v) is 8.68. The van der Waals surface area contributed by atoms with Crippen molar-refractivity contribution in [1.29, 1.82) is 0 Å². The fourth-order valence-electron chi connectivity index (χ4n) is 2.71. The molecule has 1 saturated heterocycles. The van der Waals surface area contributed by atoms with Crippen LogP contribution in [0.4, 0.5) is 5.82 Å². The third kappa shape index (κ3) is 3.99. The summed E-state index contributed by atoms with van der Waals surface area (Å²) in [5, 5.41) is 10.3. The molecule has 0 amide bonds. The van der Waals surface area contributed by atoms with E-state index in [0.29, 0.717) is 5.92 Å². The second-order valence-corrected chi connectivity index (χ2v) is 6.62. The smallest absolute Gasteiger partial charge is 0.148 e. The van der Waals surface area contributed by atoms with Gasteiger partial charge in [-0.25, -0.2) is 4.98 Å². The second-order valence-electron chi connectivity index (χ2n) is 5.63. The number of nitrogens with zero attached hydrogens (tertiary/aromatic N) is 3. The molecule has 1 fully saturated rings. The average molecular weight is 315 g/mol. The third-order valence-corrected chi connectivity index (χ3v) is 4.90. The Morgan fingerprint density at radius 1 is 1.23 bits per heavy atom. The first-order chi connectivity index (χ1) is 10.8. The molecule has 4 nitrogen and oxygen atoms in total. The zero-order valence-corrected chi connectivity index (χ0v) is 13.4. The van der Waals surface area contributed by atoms with Gasteiger partial charge in [0, 0.05) is 25.4 Å². The fraction of sp³-hybridized carbons (Fsp3) is 0.412.